The first kappa shape index (κ1) is 15.8. The summed E-state index contributed by atoms with van der Waals surface area (Å²) >= 11 is 0. The minimum atomic E-state index is 0.513. The third kappa shape index (κ3) is 4.73. The fourth-order valence-corrected chi connectivity index (χ4v) is 2.02. The number of aryl methyl sites for hydroxylation is 1. The largest absolute Gasteiger partial charge is 0.497 e. The summed E-state index contributed by atoms with van der Waals surface area (Å²) in [5, 5.41) is 3.42. The van der Waals surface area contributed by atoms with Gasteiger partial charge in [-0.15, -0.1) is 0 Å². The molecular formula is C15H26N2O2. The summed E-state index contributed by atoms with van der Waals surface area (Å²) in [5.41, 5.74) is 8.02. The van der Waals surface area contributed by atoms with Crippen LogP contribution in [0.15, 0.2) is 12.1 Å². The lowest BCUT2D eigenvalue weighted by molar-refractivity contribution is 0.389. The van der Waals surface area contributed by atoms with Gasteiger partial charge in [0.15, 0.2) is 0 Å². The molecule has 1 aromatic rings. The first-order valence-corrected chi connectivity index (χ1v) is 6.74. The Morgan fingerprint density at radius 3 is 2.58 bits per heavy atom. The molecular weight excluding hydrogens is 240 g/mol. The summed E-state index contributed by atoms with van der Waals surface area (Å²) in [6.45, 7) is 6.83. The highest BCUT2D eigenvalue weighted by molar-refractivity contribution is 5.46. The van der Waals surface area contributed by atoms with Gasteiger partial charge in [0.05, 0.1) is 14.2 Å². The predicted octanol–water partition coefficient (Wildman–Crippen LogP) is 1.74. The predicted molar refractivity (Wildman–Crippen MR) is 79.1 cm³/mol. The normalized spacial score (nSPS) is 12.3. The maximum atomic E-state index is 5.59. The van der Waals surface area contributed by atoms with E-state index >= 15 is 0 Å². The van der Waals surface area contributed by atoms with Crippen LogP contribution in [0.4, 0.5) is 0 Å². The van der Waals surface area contributed by atoms with Crippen molar-refractivity contribution in [3.8, 4) is 11.5 Å². The Bertz CT molecular complexity index is 394. The second-order valence-electron chi connectivity index (χ2n) is 4.92. The molecule has 0 aliphatic rings. The minimum Gasteiger partial charge on any atom is -0.497 e. The average molecular weight is 266 g/mol. The minimum absolute atomic E-state index is 0.513. The Labute approximate surface area is 116 Å². The number of ether oxygens (including phenoxy) is 2. The van der Waals surface area contributed by atoms with Crippen molar-refractivity contribution in [2.24, 2.45) is 11.7 Å². The van der Waals surface area contributed by atoms with E-state index in [2.05, 4.69) is 19.2 Å². The van der Waals surface area contributed by atoms with Crippen molar-refractivity contribution in [1.29, 1.82) is 0 Å². The molecule has 0 aliphatic carbocycles. The second-order valence-corrected chi connectivity index (χ2v) is 4.92. The second kappa shape index (κ2) is 8.02. The average Bonchev–Trinajstić information content (AvgIpc) is 2.43. The summed E-state index contributed by atoms with van der Waals surface area (Å²) in [5.74, 6) is 2.24. The van der Waals surface area contributed by atoms with Crippen LogP contribution in [0.25, 0.3) is 0 Å². The van der Waals surface area contributed by atoms with Crippen LogP contribution >= 0.6 is 0 Å². The van der Waals surface area contributed by atoms with Gasteiger partial charge in [-0.05, 0) is 56.1 Å². The Morgan fingerprint density at radius 2 is 2.00 bits per heavy atom. The van der Waals surface area contributed by atoms with Gasteiger partial charge in [0, 0.05) is 6.07 Å². The highest BCUT2D eigenvalue weighted by Gasteiger charge is 2.09. The molecule has 0 saturated carbocycles. The first-order valence-electron chi connectivity index (χ1n) is 6.74. The molecule has 0 bridgehead atoms. The third-order valence-electron chi connectivity index (χ3n) is 3.31. The Kier molecular flexibility index (Phi) is 6.67. The molecule has 1 unspecified atom stereocenters. The molecule has 4 heteroatoms. The van der Waals surface area contributed by atoms with Crippen LogP contribution in [0.1, 0.15) is 18.1 Å². The monoisotopic (exact) mass is 266 g/mol. The van der Waals surface area contributed by atoms with Crippen LogP contribution in [0.5, 0.6) is 11.5 Å². The van der Waals surface area contributed by atoms with Gasteiger partial charge in [-0.3, -0.25) is 0 Å². The van der Waals surface area contributed by atoms with E-state index in [1.54, 1.807) is 14.2 Å². The zero-order chi connectivity index (χ0) is 14.3. The lowest BCUT2D eigenvalue weighted by Crippen LogP contribution is -2.27. The van der Waals surface area contributed by atoms with E-state index in [1.807, 2.05) is 12.1 Å². The number of hydrogen-bond donors (Lipinski definition) is 2. The number of nitrogens with one attached hydrogen (secondary N) is 1. The third-order valence-corrected chi connectivity index (χ3v) is 3.31. The van der Waals surface area contributed by atoms with E-state index in [0.29, 0.717) is 5.92 Å². The van der Waals surface area contributed by atoms with Crippen molar-refractivity contribution in [3.05, 3.63) is 23.3 Å². The number of nitrogens with two attached hydrogens (primary N) is 1. The molecule has 0 saturated heterocycles. The lowest BCUT2D eigenvalue weighted by atomic mass is 10.0. The highest BCUT2D eigenvalue weighted by atomic mass is 16.5. The van der Waals surface area contributed by atoms with Gasteiger partial charge in [-0.25, -0.2) is 0 Å². The number of rotatable bonds is 8. The molecule has 0 spiro atoms. The quantitative estimate of drug-likeness (QED) is 0.704. The molecule has 0 aliphatic heterocycles. The van der Waals surface area contributed by atoms with E-state index in [0.717, 1.165) is 37.6 Å². The van der Waals surface area contributed by atoms with Crippen LogP contribution < -0.4 is 20.5 Å². The molecule has 0 fully saturated rings. The van der Waals surface area contributed by atoms with Crippen molar-refractivity contribution in [1.82, 2.24) is 5.32 Å². The molecule has 0 amide bonds. The summed E-state index contributed by atoms with van der Waals surface area (Å²) in [6.07, 6.45) is 0.941. The van der Waals surface area contributed by atoms with Crippen molar-refractivity contribution in [3.63, 3.8) is 0 Å². The summed E-state index contributed by atoms with van der Waals surface area (Å²) in [7, 11) is 3.37. The van der Waals surface area contributed by atoms with Gasteiger partial charge < -0.3 is 20.5 Å². The number of hydrogen-bond acceptors (Lipinski definition) is 4. The zero-order valence-electron chi connectivity index (χ0n) is 12.5. The van der Waals surface area contributed by atoms with Crippen LogP contribution in [0.3, 0.4) is 0 Å². The molecule has 1 rings (SSSR count). The first-order chi connectivity index (χ1) is 9.12. The van der Waals surface area contributed by atoms with Crippen molar-refractivity contribution >= 4 is 0 Å². The van der Waals surface area contributed by atoms with Gasteiger partial charge in [0.2, 0.25) is 0 Å². The zero-order valence-corrected chi connectivity index (χ0v) is 12.5. The van der Waals surface area contributed by atoms with Gasteiger partial charge in [0.25, 0.3) is 0 Å². The van der Waals surface area contributed by atoms with Crippen LogP contribution in [0.2, 0.25) is 0 Å². The molecule has 4 nitrogen and oxygen atoms in total. The molecule has 3 N–H and O–H groups in total. The van der Waals surface area contributed by atoms with E-state index < -0.39 is 0 Å². The molecule has 1 atom stereocenters. The van der Waals surface area contributed by atoms with Gasteiger partial charge in [0.1, 0.15) is 11.5 Å². The molecule has 108 valence electrons. The van der Waals surface area contributed by atoms with Crippen LogP contribution in [-0.4, -0.2) is 33.9 Å². The van der Waals surface area contributed by atoms with Crippen LogP contribution in [0, 0.1) is 12.8 Å². The van der Waals surface area contributed by atoms with E-state index in [9.17, 15) is 0 Å². The topological polar surface area (TPSA) is 56.5 Å². The maximum absolute atomic E-state index is 5.59. The van der Waals surface area contributed by atoms with E-state index in [4.69, 9.17) is 15.2 Å². The van der Waals surface area contributed by atoms with Gasteiger partial charge in [-0.1, -0.05) is 6.92 Å². The van der Waals surface area contributed by atoms with E-state index in [1.165, 1.54) is 11.1 Å². The maximum Gasteiger partial charge on any atom is 0.126 e. The number of methoxy groups -OCH3 is 2. The van der Waals surface area contributed by atoms with Gasteiger partial charge in [-0.2, -0.15) is 0 Å². The smallest absolute Gasteiger partial charge is 0.126 e. The SMILES string of the molecule is COc1cc(C)c(CCNCC(C)CN)c(OC)c1. The summed E-state index contributed by atoms with van der Waals surface area (Å²) < 4.78 is 10.7. The molecule has 0 heterocycles. The molecule has 19 heavy (non-hydrogen) atoms. The standard InChI is InChI=1S/C15H26N2O2/c1-11(9-16)10-17-6-5-14-12(2)7-13(18-3)8-15(14)19-4/h7-8,11,17H,5-6,9-10,16H2,1-4H3. The molecule has 1 aromatic carbocycles. The molecule has 0 radical (unpaired) electrons. The lowest BCUT2D eigenvalue weighted by Gasteiger charge is -2.15. The van der Waals surface area contributed by atoms with Crippen molar-refractivity contribution in [2.75, 3.05) is 33.9 Å². The summed E-state index contributed by atoms with van der Waals surface area (Å²) in [6, 6.07) is 3.98. The van der Waals surface area contributed by atoms with Crippen LogP contribution in [-0.2, 0) is 6.42 Å². The fraction of sp³-hybridized carbons (Fsp3) is 0.600. The summed E-state index contributed by atoms with van der Waals surface area (Å²) in [4.78, 5) is 0. The highest BCUT2D eigenvalue weighted by Crippen LogP contribution is 2.28. The fourth-order valence-electron chi connectivity index (χ4n) is 2.02. The van der Waals surface area contributed by atoms with Crippen molar-refractivity contribution < 1.29 is 9.47 Å². The van der Waals surface area contributed by atoms with E-state index in [-0.39, 0.29) is 0 Å². The Morgan fingerprint density at radius 1 is 1.26 bits per heavy atom. The Hall–Kier alpha value is -1.26. The molecule has 0 aromatic heterocycles. The van der Waals surface area contributed by atoms with Gasteiger partial charge >= 0.3 is 0 Å². The number of benzene rings is 1. The Balaban J connectivity index is 2.62. The van der Waals surface area contributed by atoms with Crippen molar-refractivity contribution in [2.45, 2.75) is 20.3 Å².